The van der Waals surface area contributed by atoms with Gasteiger partial charge in [0.2, 0.25) is 0 Å². The maximum absolute atomic E-state index is 12.0. The van der Waals surface area contributed by atoms with Crippen LogP contribution in [0.1, 0.15) is 51.0 Å². The third-order valence-electron chi connectivity index (χ3n) is 4.19. The number of benzene rings is 2. The second-order valence-electron chi connectivity index (χ2n) is 6.31. The van der Waals surface area contributed by atoms with Crippen LogP contribution in [-0.2, 0) is 16.5 Å². The summed E-state index contributed by atoms with van der Waals surface area (Å²) >= 11 is 0. The standard InChI is InChI=1S/C20H26O5S.Na/c1-2-3-4-5-6-7-10-16-15-17(13-14-18(16)21)25-19-11-8-9-12-20(19)26(22,23)24;/h8-9,11-15,21H,2-7,10H2,1H3,(H,22,23,24);/q;+1/p-1. The van der Waals surface area contributed by atoms with Gasteiger partial charge in [0, 0.05) is 0 Å². The molecule has 0 aliphatic carbocycles. The van der Waals surface area contributed by atoms with Crippen LogP contribution in [0.5, 0.6) is 17.2 Å². The number of para-hydroxylation sites is 1. The van der Waals surface area contributed by atoms with Gasteiger partial charge in [-0.3, -0.25) is 4.55 Å². The van der Waals surface area contributed by atoms with E-state index < -0.39 is 10.1 Å². The van der Waals surface area contributed by atoms with Crippen LogP contribution < -0.4 is 39.4 Å². The number of unbranched alkanes of at least 4 members (excludes halogenated alkanes) is 5. The van der Waals surface area contributed by atoms with Crippen LogP contribution in [0.2, 0.25) is 0 Å². The summed E-state index contributed by atoms with van der Waals surface area (Å²) in [5, 5.41) is 12.0. The van der Waals surface area contributed by atoms with E-state index in [-0.39, 0.29) is 46.0 Å². The molecule has 0 aliphatic heterocycles. The quantitative estimate of drug-likeness (QED) is 0.373. The zero-order valence-corrected chi connectivity index (χ0v) is 18.8. The molecular formula is C20H25NaO5S. The van der Waals surface area contributed by atoms with E-state index in [0.717, 1.165) is 12.8 Å². The summed E-state index contributed by atoms with van der Waals surface area (Å²) in [6.45, 7) is 2.18. The number of ether oxygens (including phenoxy) is 1. The molecule has 7 heteroatoms. The van der Waals surface area contributed by atoms with E-state index in [4.69, 9.17) is 4.74 Å². The second-order valence-corrected chi connectivity index (χ2v) is 7.70. The summed E-state index contributed by atoms with van der Waals surface area (Å²) < 4.78 is 37.8. The molecule has 0 saturated carbocycles. The Bertz CT molecular complexity index is 821. The van der Waals surface area contributed by atoms with E-state index >= 15 is 0 Å². The van der Waals surface area contributed by atoms with Gasteiger partial charge in [0.25, 0.3) is 10.1 Å². The molecule has 0 spiro atoms. The molecule has 5 nitrogen and oxygen atoms in total. The zero-order chi connectivity index (χ0) is 19.0. The zero-order valence-electron chi connectivity index (χ0n) is 16.0. The van der Waals surface area contributed by atoms with E-state index in [1.165, 1.54) is 56.0 Å². The first-order chi connectivity index (χ1) is 12.4. The Morgan fingerprint density at radius 3 is 2.37 bits per heavy atom. The minimum atomic E-state index is -4.38. The Kier molecular flexibility index (Phi) is 10.4. The molecule has 0 fully saturated rings. The van der Waals surface area contributed by atoms with Crippen molar-refractivity contribution in [2.75, 3.05) is 0 Å². The predicted octanol–water partition coefficient (Wildman–Crippen LogP) is 1.71. The van der Waals surface area contributed by atoms with Crippen molar-refractivity contribution in [3.8, 4) is 17.2 Å². The molecule has 0 bridgehead atoms. The molecule has 2 aromatic carbocycles. The Morgan fingerprint density at radius 2 is 1.67 bits per heavy atom. The first-order valence-corrected chi connectivity index (χ1v) is 10.4. The van der Waals surface area contributed by atoms with Gasteiger partial charge < -0.3 is 9.84 Å². The maximum atomic E-state index is 12.0. The molecule has 0 amide bonds. The van der Waals surface area contributed by atoms with Gasteiger partial charge in [-0.15, -0.1) is 5.75 Å². The fraction of sp³-hybridized carbons (Fsp3) is 0.400. The molecule has 2 aromatic rings. The molecule has 0 aliphatic rings. The fourth-order valence-corrected chi connectivity index (χ4v) is 3.40. The van der Waals surface area contributed by atoms with Gasteiger partial charge in [-0.25, -0.2) is 0 Å². The molecule has 0 unspecified atom stereocenters. The summed E-state index contributed by atoms with van der Waals surface area (Å²) in [5.74, 6) is 0.356. The topological polar surface area (TPSA) is 86.7 Å². The van der Waals surface area contributed by atoms with Crippen molar-refractivity contribution < 1.29 is 52.4 Å². The minimum Gasteiger partial charge on any atom is -0.872 e. The number of hydrogen-bond acceptors (Lipinski definition) is 4. The van der Waals surface area contributed by atoms with Crippen LogP contribution in [0.4, 0.5) is 0 Å². The molecule has 1 N–H and O–H groups in total. The van der Waals surface area contributed by atoms with Crippen LogP contribution in [0.15, 0.2) is 47.4 Å². The van der Waals surface area contributed by atoms with Crippen molar-refractivity contribution in [3.05, 3.63) is 48.0 Å². The molecule has 142 valence electrons. The van der Waals surface area contributed by atoms with Gasteiger partial charge in [-0.2, -0.15) is 8.42 Å². The first kappa shape index (κ1) is 24.0. The summed E-state index contributed by atoms with van der Waals surface area (Å²) in [6.07, 6.45) is 7.51. The van der Waals surface area contributed by atoms with Crippen molar-refractivity contribution in [3.63, 3.8) is 0 Å². The molecule has 0 atom stereocenters. The largest absolute Gasteiger partial charge is 1.00 e. The SMILES string of the molecule is CCCCCCCCc1cc(Oc2ccccc2S(=O)(=O)O)ccc1[O-].[Na+]. The Morgan fingerprint density at radius 1 is 1.00 bits per heavy atom. The van der Waals surface area contributed by atoms with Gasteiger partial charge in [0.05, 0.1) is 0 Å². The third kappa shape index (κ3) is 7.84. The third-order valence-corrected chi connectivity index (χ3v) is 5.08. The average Bonchev–Trinajstić information content (AvgIpc) is 2.60. The predicted molar refractivity (Wildman–Crippen MR) is 99.3 cm³/mol. The van der Waals surface area contributed by atoms with Crippen molar-refractivity contribution >= 4 is 10.1 Å². The van der Waals surface area contributed by atoms with Crippen LogP contribution in [0.3, 0.4) is 0 Å². The maximum Gasteiger partial charge on any atom is 1.00 e. The van der Waals surface area contributed by atoms with E-state index in [2.05, 4.69) is 6.92 Å². The van der Waals surface area contributed by atoms with Crippen LogP contribution in [0.25, 0.3) is 0 Å². The van der Waals surface area contributed by atoms with Crippen LogP contribution in [0, 0.1) is 0 Å². The van der Waals surface area contributed by atoms with Crippen molar-refractivity contribution in [1.29, 1.82) is 0 Å². The molecule has 27 heavy (non-hydrogen) atoms. The summed E-state index contributed by atoms with van der Waals surface area (Å²) in [5.41, 5.74) is 0.655. The molecule has 0 aromatic heterocycles. The van der Waals surface area contributed by atoms with Crippen LogP contribution >= 0.6 is 0 Å². The van der Waals surface area contributed by atoms with Gasteiger partial charge in [-0.1, -0.05) is 62.8 Å². The average molecular weight is 400 g/mol. The number of hydrogen-bond donors (Lipinski definition) is 1. The fourth-order valence-electron chi connectivity index (χ4n) is 2.79. The van der Waals surface area contributed by atoms with E-state index in [1.807, 2.05) is 0 Å². The normalized spacial score (nSPS) is 11.0. The van der Waals surface area contributed by atoms with E-state index in [1.54, 1.807) is 12.1 Å². The molecular weight excluding hydrogens is 375 g/mol. The Hall–Kier alpha value is -1.05. The number of aryl methyl sites for hydroxylation is 1. The van der Waals surface area contributed by atoms with Gasteiger partial charge in [0.1, 0.15) is 16.4 Å². The Balaban J connectivity index is 0.00000364. The smallest absolute Gasteiger partial charge is 0.872 e. The molecule has 0 saturated heterocycles. The van der Waals surface area contributed by atoms with Crippen molar-refractivity contribution in [2.24, 2.45) is 0 Å². The monoisotopic (exact) mass is 400 g/mol. The molecule has 0 radical (unpaired) electrons. The summed E-state index contributed by atoms with van der Waals surface area (Å²) in [7, 11) is -4.38. The first-order valence-electron chi connectivity index (χ1n) is 8.96. The van der Waals surface area contributed by atoms with Crippen LogP contribution in [-0.4, -0.2) is 13.0 Å². The minimum absolute atomic E-state index is 0. The second kappa shape index (κ2) is 11.7. The molecule has 2 rings (SSSR count). The Labute approximate surface area is 183 Å². The summed E-state index contributed by atoms with van der Waals surface area (Å²) in [6, 6.07) is 10.4. The van der Waals surface area contributed by atoms with Crippen molar-refractivity contribution in [1.82, 2.24) is 0 Å². The van der Waals surface area contributed by atoms with E-state index in [9.17, 15) is 18.1 Å². The van der Waals surface area contributed by atoms with E-state index in [0.29, 0.717) is 17.7 Å². The number of rotatable bonds is 10. The van der Waals surface area contributed by atoms with Crippen molar-refractivity contribution in [2.45, 2.75) is 56.8 Å². The summed E-state index contributed by atoms with van der Waals surface area (Å²) in [4.78, 5) is -0.302. The van der Waals surface area contributed by atoms with Gasteiger partial charge >= 0.3 is 29.6 Å². The van der Waals surface area contributed by atoms with Gasteiger partial charge in [0.15, 0.2) is 0 Å². The van der Waals surface area contributed by atoms with Gasteiger partial charge in [-0.05, 0) is 37.1 Å². The molecule has 0 heterocycles.